The van der Waals surface area contributed by atoms with Crippen molar-refractivity contribution in [1.29, 1.82) is 0 Å². The fourth-order valence-electron chi connectivity index (χ4n) is 5.22. The molecule has 38 heavy (non-hydrogen) atoms. The summed E-state index contributed by atoms with van der Waals surface area (Å²) in [5.74, 6) is 0.965. The van der Waals surface area contributed by atoms with Crippen LogP contribution in [0.25, 0.3) is 11.1 Å². The summed E-state index contributed by atoms with van der Waals surface area (Å²) in [6, 6.07) is 4.01. The van der Waals surface area contributed by atoms with Crippen molar-refractivity contribution in [3.63, 3.8) is 0 Å². The van der Waals surface area contributed by atoms with Gasteiger partial charge in [0.25, 0.3) is 0 Å². The van der Waals surface area contributed by atoms with Gasteiger partial charge in [-0.3, -0.25) is 4.98 Å². The number of hydrogen-bond acceptors (Lipinski definition) is 6. The van der Waals surface area contributed by atoms with Gasteiger partial charge in [-0.1, -0.05) is 23.2 Å². The molecule has 4 rings (SSSR count). The van der Waals surface area contributed by atoms with E-state index in [1.165, 1.54) is 0 Å². The highest BCUT2D eigenvalue weighted by molar-refractivity contribution is 6.35. The second-order valence-electron chi connectivity index (χ2n) is 10.3. The summed E-state index contributed by atoms with van der Waals surface area (Å²) in [4.78, 5) is 8.92. The molecule has 2 N–H and O–H groups in total. The van der Waals surface area contributed by atoms with Crippen LogP contribution in [0.3, 0.4) is 0 Å². The fourth-order valence-corrected chi connectivity index (χ4v) is 5.63. The van der Waals surface area contributed by atoms with Gasteiger partial charge in [-0.15, -0.1) is 0 Å². The molecule has 3 heterocycles. The molecule has 1 aliphatic heterocycles. The van der Waals surface area contributed by atoms with Crippen molar-refractivity contribution in [2.24, 2.45) is 11.8 Å². The highest BCUT2D eigenvalue weighted by Gasteiger charge is 2.40. The molecule has 2 aliphatic rings. The minimum Gasteiger partial charge on any atom is -0.384 e. The first-order valence-corrected chi connectivity index (χ1v) is 13.9. The molecule has 0 radical (unpaired) electrons. The number of halogens is 5. The number of anilines is 1. The summed E-state index contributed by atoms with van der Waals surface area (Å²) in [5, 5.41) is 7.39. The summed E-state index contributed by atoms with van der Waals surface area (Å²) < 4.78 is 48.8. The molecule has 0 aromatic carbocycles. The summed E-state index contributed by atoms with van der Waals surface area (Å²) in [5.41, 5.74) is 3.34. The van der Waals surface area contributed by atoms with Crippen molar-refractivity contribution in [3.05, 3.63) is 40.4 Å². The zero-order chi connectivity index (χ0) is 27.1. The standard InChI is InChI=1S/C27H35Cl2F3N4O2/c1-37-25(27(30,31)32)16-35-19-4-2-17(3-5-19)10-20-11-22(24(28)15-34-20)23-12-21(14-36-26(23)29)33-13-18-6-8-38-9-7-18/h11-12,14-15,17-19,25,33,35H,2-10,13,16H2,1H3/t17?,19?,25-/m1/s1. The van der Waals surface area contributed by atoms with Crippen LogP contribution in [0.5, 0.6) is 0 Å². The summed E-state index contributed by atoms with van der Waals surface area (Å²) >= 11 is 13.0. The molecule has 1 atom stereocenters. The third kappa shape index (κ3) is 8.18. The molecule has 0 unspecified atom stereocenters. The number of hydrogen-bond donors (Lipinski definition) is 2. The number of ether oxygens (including phenoxy) is 2. The van der Waals surface area contributed by atoms with Gasteiger partial charge in [0.15, 0.2) is 6.10 Å². The number of methoxy groups -OCH3 is 1. The normalized spacial score (nSPS) is 21.8. The highest BCUT2D eigenvalue weighted by Crippen LogP contribution is 2.35. The SMILES string of the molecule is CO[C@H](CNC1CCC(Cc2cc(-c3cc(NCC4CCOCC4)cnc3Cl)c(Cl)cn2)CC1)C(F)(F)F. The molecular weight excluding hydrogens is 540 g/mol. The minimum absolute atomic E-state index is 0.0567. The number of alkyl halides is 3. The van der Waals surface area contributed by atoms with Crippen molar-refractivity contribution in [2.75, 3.05) is 38.7 Å². The monoisotopic (exact) mass is 574 g/mol. The molecule has 1 aliphatic carbocycles. The zero-order valence-corrected chi connectivity index (χ0v) is 23.0. The number of nitrogens with zero attached hydrogens (tertiary/aromatic N) is 2. The van der Waals surface area contributed by atoms with Crippen LogP contribution in [-0.4, -0.2) is 61.7 Å². The van der Waals surface area contributed by atoms with Gasteiger partial charge in [0, 0.05) is 62.5 Å². The maximum Gasteiger partial charge on any atom is 0.415 e. The Balaban J connectivity index is 1.34. The van der Waals surface area contributed by atoms with Gasteiger partial charge in [-0.2, -0.15) is 13.2 Å². The summed E-state index contributed by atoms with van der Waals surface area (Å²) in [7, 11) is 1.09. The van der Waals surface area contributed by atoms with E-state index in [4.69, 9.17) is 27.9 Å². The first-order chi connectivity index (χ1) is 18.2. The zero-order valence-electron chi connectivity index (χ0n) is 21.5. The lowest BCUT2D eigenvalue weighted by atomic mass is 9.83. The number of nitrogens with one attached hydrogen (secondary N) is 2. The average Bonchev–Trinajstić information content (AvgIpc) is 2.90. The Bertz CT molecular complexity index is 1050. The first kappa shape index (κ1) is 29.3. The third-order valence-electron chi connectivity index (χ3n) is 7.56. The van der Waals surface area contributed by atoms with E-state index in [0.717, 1.165) is 94.3 Å². The highest BCUT2D eigenvalue weighted by atomic mass is 35.5. The Hall–Kier alpha value is -1.65. The summed E-state index contributed by atoms with van der Waals surface area (Å²) in [6.45, 7) is 2.23. The van der Waals surface area contributed by atoms with Crippen LogP contribution in [0.1, 0.15) is 44.2 Å². The summed E-state index contributed by atoms with van der Waals surface area (Å²) in [6.07, 6.45) is 3.54. The molecule has 0 spiro atoms. The number of rotatable bonds is 10. The number of aromatic nitrogens is 2. The molecule has 0 amide bonds. The molecule has 1 saturated carbocycles. The Kier molecular flexibility index (Phi) is 10.5. The average molecular weight is 576 g/mol. The van der Waals surface area contributed by atoms with Crippen molar-refractivity contribution < 1.29 is 22.6 Å². The first-order valence-electron chi connectivity index (χ1n) is 13.2. The van der Waals surface area contributed by atoms with E-state index in [0.29, 0.717) is 22.0 Å². The van der Waals surface area contributed by atoms with E-state index in [2.05, 4.69) is 25.3 Å². The Morgan fingerprint density at radius 3 is 2.42 bits per heavy atom. The molecule has 2 aromatic heterocycles. The third-order valence-corrected chi connectivity index (χ3v) is 8.17. The van der Waals surface area contributed by atoms with Crippen molar-refractivity contribution in [1.82, 2.24) is 15.3 Å². The van der Waals surface area contributed by atoms with Crippen LogP contribution in [-0.2, 0) is 15.9 Å². The van der Waals surface area contributed by atoms with Crippen LogP contribution in [0.15, 0.2) is 24.5 Å². The van der Waals surface area contributed by atoms with Gasteiger partial charge < -0.3 is 20.1 Å². The predicted molar refractivity (Wildman–Crippen MR) is 144 cm³/mol. The van der Waals surface area contributed by atoms with Crippen LogP contribution in [0, 0.1) is 11.8 Å². The maximum absolute atomic E-state index is 12.9. The van der Waals surface area contributed by atoms with Gasteiger partial charge in [0.2, 0.25) is 0 Å². The van der Waals surface area contributed by atoms with Crippen molar-refractivity contribution in [3.8, 4) is 11.1 Å². The van der Waals surface area contributed by atoms with E-state index < -0.39 is 12.3 Å². The molecular formula is C27H35Cl2F3N4O2. The van der Waals surface area contributed by atoms with Crippen LogP contribution in [0.4, 0.5) is 18.9 Å². The Morgan fingerprint density at radius 1 is 1.00 bits per heavy atom. The van der Waals surface area contributed by atoms with Crippen LogP contribution >= 0.6 is 23.2 Å². The predicted octanol–water partition coefficient (Wildman–Crippen LogP) is 6.56. The van der Waals surface area contributed by atoms with Gasteiger partial charge >= 0.3 is 6.18 Å². The Morgan fingerprint density at radius 2 is 1.74 bits per heavy atom. The van der Waals surface area contributed by atoms with Crippen LogP contribution in [0.2, 0.25) is 10.2 Å². The molecule has 1 saturated heterocycles. The van der Waals surface area contributed by atoms with Gasteiger partial charge in [-0.25, -0.2) is 4.98 Å². The van der Waals surface area contributed by atoms with Crippen molar-refractivity contribution in [2.45, 2.75) is 63.3 Å². The van der Waals surface area contributed by atoms with E-state index in [1.807, 2.05) is 12.1 Å². The lowest BCUT2D eigenvalue weighted by Crippen LogP contribution is -2.44. The quantitative estimate of drug-likeness (QED) is 0.313. The van der Waals surface area contributed by atoms with E-state index in [-0.39, 0.29) is 12.6 Å². The maximum atomic E-state index is 12.9. The van der Waals surface area contributed by atoms with Gasteiger partial charge in [-0.05, 0) is 68.9 Å². The Labute approximate surface area is 232 Å². The molecule has 11 heteroatoms. The fraction of sp³-hybridized carbons (Fsp3) is 0.630. The second-order valence-corrected chi connectivity index (χ2v) is 11.0. The minimum atomic E-state index is -4.37. The topological polar surface area (TPSA) is 68.3 Å². The lowest BCUT2D eigenvalue weighted by Gasteiger charge is -2.30. The van der Waals surface area contributed by atoms with Crippen molar-refractivity contribution >= 4 is 28.9 Å². The molecule has 0 bridgehead atoms. The van der Waals surface area contributed by atoms with Crippen LogP contribution < -0.4 is 10.6 Å². The smallest absolute Gasteiger partial charge is 0.384 e. The van der Waals surface area contributed by atoms with E-state index >= 15 is 0 Å². The molecule has 210 valence electrons. The van der Waals surface area contributed by atoms with Gasteiger partial charge in [0.05, 0.1) is 16.9 Å². The molecule has 2 aromatic rings. The molecule has 2 fully saturated rings. The second kappa shape index (κ2) is 13.6. The van der Waals surface area contributed by atoms with Gasteiger partial charge in [0.1, 0.15) is 5.15 Å². The molecule has 6 nitrogen and oxygen atoms in total. The van der Waals surface area contributed by atoms with E-state index in [1.54, 1.807) is 12.4 Å². The number of pyridine rings is 2. The largest absolute Gasteiger partial charge is 0.415 e. The lowest BCUT2D eigenvalue weighted by molar-refractivity contribution is -0.211. The van der Waals surface area contributed by atoms with E-state index in [9.17, 15) is 13.2 Å².